The van der Waals surface area contributed by atoms with Gasteiger partial charge in [0.15, 0.2) is 0 Å². The van der Waals surface area contributed by atoms with Crippen molar-refractivity contribution in [2.24, 2.45) is 0 Å². The molecule has 0 saturated carbocycles. The second kappa shape index (κ2) is 14.7. The van der Waals surface area contributed by atoms with Crippen LogP contribution in [-0.4, -0.2) is 52.6 Å². The van der Waals surface area contributed by atoms with Gasteiger partial charge in [0.2, 0.25) is 5.91 Å². The molecule has 2 rings (SSSR count). The maximum atomic E-state index is 12.4. The van der Waals surface area contributed by atoms with Crippen LogP contribution in [0.5, 0.6) is 0 Å². The first kappa shape index (κ1) is 25.6. The Bertz CT molecular complexity index is 448. The van der Waals surface area contributed by atoms with Crippen LogP contribution in [0.1, 0.15) is 45.6 Å². The number of likely N-dealkylation sites (N-methyl/N-ethyl adjacent to an activating group) is 1. The molecule has 1 fully saturated rings. The normalized spacial score (nSPS) is 13.4. The van der Waals surface area contributed by atoms with Crippen molar-refractivity contribution >= 4 is 11.6 Å². The molecule has 25 heavy (non-hydrogen) atoms. The third-order valence-corrected chi connectivity index (χ3v) is 3.85. The van der Waals surface area contributed by atoms with Crippen LogP contribution in [-0.2, 0) is 11.2 Å². The first-order chi connectivity index (χ1) is 11.2. The molecule has 0 atom stereocenters. The number of piperidine rings is 1. The minimum atomic E-state index is 0. The largest absolute Gasteiger partial charge is 0.412 e. The minimum absolute atomic E-state index is 0. The first-order valence-electron chi connectivity index (χ1n) is 8.65. The lowest BCUT2D eigenvalue weighted by Crippen LogP contribution is -2.46. The zero-order valence-electron chi connectivity index (χ0n) is 15.6. The van der Waals surface area contributed by atoms with E-state index in [1.807, 2.05) is 24.0 Å². The lowest BCUT2D eigenvalue weighted by Gasteiger charge is -2.34. The van der Waals surface area contributed by atoms with Crippen LogP contribution < -0.4 is 10.8 Å². The molecular weight excluding hydrogens is 322 g/mol. The average molecular weight is 357 g/mol. The number of hydrogen-bond donors (Lipinski definition) is 3. The highest BCUT2D eigenvalue weighted by Gasteiger charge is 2.23. The highest BCUT2D eigenvalue weighted by molar-refractivity contribution is 5.79. The molecule has 0 spiro atoms. The van der Waals surface area contributed by atoms with Crippen LogP contribution in [0.3, 0.4) is 0 Å². The number of carbonyl (C=O) groups is 1. The third kappa shape index (κ3) is 8.83. The molecule has 7 nitrogen and oxygen atoms in total. The Morgan fingerprint density at radius 3 is 2.12 bits per heavy atom. The second-order valence-corrected chi connectivity index (χ2v) is 5.85. The molecule has 7 heteroatoms. The van der Waals surface area contributed by atoms with E-state index in [0.717, 1.165) is 38.0 Å². The van der Waals surface area contributed by atoms with Crippen molar-refractivity contribution in [3.8, 4) is 0 Å². The molecule has 146 valence electrons. The summed E-state index contributed by atoms with van der Waals surface area (Å²) in [6, 6.07) is 7.64. The molecule has 0 radical (unpaired) electrons. The molecular formula is C18H35N3O4. The van der Waals surface area contributed by atoms with Gasteiger partial charge in [0, 0.05) is 12.6 Å². The first-order valence-corrected chi connectivity index (χ1v) is 8.65. The SMILES string of the molecule is CCC.CCN(C(=O)Cc1ccc(NO)cc1)C1CCNCC1.O.O. The van der Waals surface area contributed by atoms with Gasteiger partial charge in [-0.25, -0.2) is 0 Å². The van der Waals surface area contributed by atoms with Crippen molar-refractivity contribution in [2.45, 2.75) is 52.5 Å². The summed E-state index contributed by atoms with van der Waals surface area (Å²) in [5.41, 5.74) is 3.70. The number of anilines is 1. The van der Waals surface area contributed by atoms with Gasteiger partial charge in [0.25, 0.3) is 0 Å². The lowest BCUT2D eigenvalue weighted by molar-refractivity contribution is -0.133. The number of carbonyl (C=O) groups excluding carboxylic acids is 1. The number of hydrogen-bond acceptors (Lipinski definition) is 4. The van der Waals surface area contributed by atoms with Gasteiger partial charge in [0.05, 0.1) is 12.1 Å². The van der Waals surface area contributed by atoms with E-state index < -0.39 is 0 Å². The summed E-state index contributed by atoms with van der Waals surface area (Å²) in [7, 11) is 0. The maximum absolute atomic E-state index is 12.4. The van der Waals surface area contributed by atoms with E-state index in [1.165, 1.54) is 6.42 Å². The van der Waals surface area contributed by atoms with Gasteiger partial charge in [-0.2, -0.15) is 0 Å². The molecule has 0 aliphatic carbocycles. The molecule has 1 aromatic carbocycles. The number of nitrogens with one attached hydrogen (secondary N) is 2. The summed E-state index contributed by atoms with van der Waals surface area (Å²) in [5.74, 6) is 0.184. The number of amides is 1. The van der Waals surface area contributed by atoms with E-state index in [2.05, 4.69) is 24.6 Å². The van der Waals surface area contributed by atoms with Gasteiger partial charge in [-0.15, -0.1) is 0 Å². The third-order valence-electron chi connectivity index (χ3n) is 3.85. The second-order valence-electron chi connectivity index (χ2n) is 5.85. The van der Waals surface area contributed by atoms with Crippen LogP contribution >= 0.6 is 0 Å². The summed E-state index contributed by atoms with van der Waals surface area (Å²) in [6.45, 7) is 9.04. The summed E-state index contributed by atoms with van der Waals surface area (Å²) in [6.07, 6.45) is 3.74. The Morgan fingerprint density at radius 2 is 1.68 bits per heavy atom. The van der Waals surface area contributed by atoms with Gasteiger partial charge >= 0.3 is 0 Å². The zero-order chi connectivity index (χ0) is 17.1. The molecule has 7 N–H and O–H groups in total. The van der Waals surface area contributed by atoms with Gasteiger partial charge in [-0.3, -0.25) is 15.5 Å². The Hall–Kier alpha value is -1.67. The molecule has 0 unspecified atom stereocenters. The van der Waals surface area contributed by atoms with Crippen LogP contribution in [0, 0.1) is 0 Å². The van der Waals surface area contributed by atoms with Crippen molar-refractivity contribution in [2.75, 3.05) is 25.1 Å². The van der Waals surface area contributed by atoms with Crippen molar-refractivity contribution in [3.05, 3.63) is 29.8 Å². The number of benzene rings is 1. The summed E-state index contributed by atoms with van der Waals surface area (Å²) in [4.78, 5) is 14.4. The summed E-state index contributed by atoms with van der Waals surface area (Å²) in [5, 5.41) is 12.1. The summed E-state index contributed by atoms with van der Waals surface area (Å²) < 4.78 is 0. The van der Waals surface area contributed by atoms with Crippen LogP contribution in [0.15, 0.2) is 24.3 Å². The molecule has 0 bridgehead atoms. The quantitative estimate of drug-likeness (QED) is 0.688. The topological polar surface area (TPSA) is 128 Å². The highest BCUT2D eigenvalue weighted by Crippen LogP contribution is 2.15. The lowest BCUT2D eigenvalue weighted by atomic mass is 10.0. The molecule has 1 aromatic rings. The average Bonchev–Trinajstić information content (AvgIpc) is 2.58. The standard InChI is InChI=1S/C15H23N3O2.C3H8.2H2O/c1-2-18(14-7-9-16-10-8-14)15(19)11-12-3-5-13(17-20)6-4-12;1-3-2;;/h3-6,14,16-17,20H,2,7-11H2,1H3;3H2,1-2H3;2*1H2. The Balaban J connectivity index is 0. The van der Waals surface area contributed by atoms with E-state index in [9.17, 15) is 4.79 Å². The molecule has 1 amide bonds. The molecule has 1 aliphatic heterocycles. The Morgan fingerprint density at radius 1 is 1.16 bits per heavy atom. The fraction of sp³-hybridized carbons (Fsp3) is 0.611. The van der Waals surface area contributed by atoms with E-state index in [-0.39, 0.29) is 16.9 Å². The fourth-order valence-electron chi connectivity index (χ4n) is 2.73. The van der Waals surface area contributed by atoms with Crippen molar-refractivity contribution in [3.63, 3.8) is 0 Å². The van der Waals surface area contributed by atoms with Gasteiger partial charge < -0.3 is 21.2 Å². The van der Waals surface area contributed by atoms with E-state index in [4.69, 9.17) is 5.21 Å². The molecule has 1 aliphatic rings. The summed E-state index contributed by atoms with van der Waals surface area (Å²) >= 11 is 0. The number of rotatable bonds is 5. The Labute approximate surface area is 151 Å². The minimum Gasteiger partial charge on any atom is -0.412 e. The van der Waals surface area contributed by atoms with E-state index in [1.54, 1.807) is 12.1 Å². The van der Waals surface area contributed by atoms with Gasteiger partial charge in [-0.05, 0) is 50.6 Å². The van der Waals surface area contributed by atoms with Crippen molar-refractivity contribution in [1.82, 2.24) is 10.2 Å². The smallest absolute Gasteiger partial charge is 0.227 e. The number of nitrogens with zero attached hydrogens (tertiary/aromatic N) is 1. The maximum Gasteiger partial charge on any atom is 0.227 e. The van der Waals surface area contributed by atoms with Gasteiger partial charge in [0.1, 0.15) is 0 Å². The highest BCUT2D eigenvalue weighted by atomic mass is 16.5. The van der Waals surface area contributed by atoms with Gasteiger partial charge in [-0.1, -0.05) is 32.4 Å². The van der Waals surface area contributed by atoms with Crippen LogP contribution in [0.25, 0.3) is 0 Å². The van der Waals surface area contributed by atoms with E-state index >= 15 is 0 Å². The zero-order valence-corrected chi connectivity index (χ0v) is 15.6. The Kier molecular flexibility index (Phi) is 15.0. The van der Waals surface area contributed by atoms with Crippen LogP contribution in [0.2, 0.25) is 0 Å². The van der Waals surface area contributed by atoms with Crippen molar-refractivity contribution in [1.29, 1.82) is 0 Å². The molecule has 1 saturated heterocycles. The van der Waals surface area contributed by atoms with Crippen LogP contribution in [0.4, 0.5) is 5.69 Å². The van der Waals surface area contributed by atoms with E-state index in [0.29, 0.717) is 18.2 Å². The predicted octanol–water partition coefficient (Wildman–Crippen LogP) is 1.40. The molecule has 1 heterocycles. The predicted molar refractivity (Wildman–Crippen MR) is 102 cm³/mol. The van der Waals surface area contributed by atoms with Crippen molar-refractivity contribution < 1.29 is 21.0 Å². The monoisotopic (exact) mass is 357 g/mol. The fourth-order valence-corrected chi connectivity index (χ4v) is 2.73. The molecule has 0 aromatic heterocycles.